The van der Waals surface area contributed by atoms with E-state index in [-0.39, 0.29) is 42.0 Å². The van der Waals surface area contributed by atoms with Crippen LogP contribution in [-0.4, -0.2) is 51.5 Å². The minimum Gasteiger partial charge on any atom is -0.462 e. The lowest BCUT2D eigenvalue weighted by molar-refractivity contribution is -0.253. The fraction of sp³-hybridized carbons (Fsp3) is 0.176. The van der Waals surface area contributed by atoms with E-state index < -0.39 is 17.1 Å². The molecule has 3 aromatic carbocycles. The molecule has 12 nitrogen and oxygen atoms in total. The van der Waals surface area contributed by atoms with Gasteiger partial charge in [0.25, 0.3) is 11.1 Å². The first-order chi connectivity index (χ1) is 22.3. The van der Waals surface area contributed by atoms with Crippen LogP contribution in [-0.2, 0) is 27.7 Å². The van der Waals surface area contributed by atoms with Crippen LogP contribution in [0, 0.1) is 0 Å². The molecular formula is C34H32N4O8. The molecule has 0 saturated carbocycles. The van der Waals surface area contributed by atoms with Crippen LogP contribution in [0.2, 0.25) is 0 Å². The van der Waals surface area contributed by atoms with E-state index in [0.717, 1.165) is 11.3 Å². The lowest BCUT2D eigenvalue weighted by Crippen LogP contribution is -2.26. The fourth-order valence-electron chi connectivity index (χ4n) is 4.98. The highest BCUT2D eigenvalue weighted by atomic mass is 17.1. The predicted octanol–water partition coefficient (Wildman–Crippen LogP) is 5.02. The Labute approximate surface area is 263 Å². The van der Waals surface area contributed by atoms with Gasteiger partial charge < -0.3 is 9.64 Å². The molecule has 0 aliphatic heterocycles. The van der Waals surface area contributed by atoms with Crippen molar-refractivity contribution in [1.29, 1.82) is 0 Å². The Morgan fingerprint density at radius 3 is 1.98 bits per heavy atom. The summed E-state index contributed by atoms with van der Waals surface area (Å²) in [6.07, 6.45) is 3.04. The van der Waals surface area contributed by atoms with E-state index >= 15 is 0 Å². The Morgan fingerprint density at radius 2 is 1.43 bits per heavy atom. The Kier molecular flexibility index (Phi) is 9.77. The molecule has 0 amide bonds. The predicted molar refractivity (Wildman–Crippen MR) is 173 cm³/mol. The molecule has 0 saturated heterocycles. The summed E-state index contributed by atoms with van der Waals surface area (Å²) in [5.41, 5.74) is 5.49. The SMILES string of the molecule is CCOC(=O)c1c(C=C=Cc2ccc(N(C)C)cc2)c(=O)n(-c2ccc(COO)cc2)c2[nH]n(-c3ccc(COO)cc3)c(=O)c12. The van der Waals surface area contributed by atoms with Crippen molar-refractivity contribution in [3.05, 3.63) is 127 Å². The number of H-pyrrole nitrogens is 1. The number of benzene rings is 3. The average molecular weight is 625 g/mol. The Morgan fingerprint density at radius 1 is 0.848 bits per heavy atom. The molecule has 2 heterocycles. The maximum Gasteiger partial charge on any atom is 0.339 e. The third kappa shape index (κ3) is 6.47. The monoisotopic (exact) mass is 624 g/mol. The molecule has 0 fully saturated rings. The summed E-state index contributed by atoms with van der Waals surface area (Å²) in [6.45, 7) is 1.54. The molecule has 0 atom stereocenters. The summed E-state index contributed by atoms with van der Waals surface area (Å²) >= 11 is 0. The van der Waals surface area contributed by atoms with E-state index in [1.54, 1.807) is 61.5 Å². The quantitative estimate of drug-likeness (QED) is 0.0798. The van der Waals surface area contributed by atoms with Crippen LogP contribution < -0.4 is 16.0 Å². The first-order valence-electron chi connectivity index (χ1n) is 14.3. The van der Waals surface area contributed by atoms with Gasteiger partial charge in [0.05, 0.1) is 34.5 Å². The Hall–Kier alpha value is -5.49. The number of aromatic nitrogens is 3. The van der Waals surface area contributed by atoms with E-state index in [9.17, 15) is 14.4 Å². The number of ether oxygens (including phenoxy) is 1. The molecule has 5 aromatic rings. The first-order valence-corrected chi connectivity index (χ1v) is 14.3. The van der Waals surface area contributed by atoms with E-state index in [1.807, 2.05) is 43.3 Å². The van der Waals surface area contributed by atoms with Gasteiger partial charge in [0.1, 0.15) is 18.9 Å². The highest BCUT2D eigenvalue weighted by Gasteiger charge is 2.27. The summed E-state index contributed by atoms with van der Waals surface area (Å²) in [5.74, 6) is -0.839. The van der Waals surface area contributed by atoms with E-state index in [0.29, 0.717) is 22.5 Å². The van der Waals surface area contributed by atoms with Gasteiger partial charge in [0.15, 0.2) is 0 Å². The van der Waals surface area contributed by atoms with Crippen molar-refractivity contribution in [3.63, 3.8) is 0 Å². The number of nitrogens with zero attached hydrogens (tertiary/aromatic N) is 3. The minimum atomic E-state index is -0.839. The van der Waals surface area contributed by atoms with Crippen molar-refractivity contribution in [2.45, 2.75) is 20.1 Å². The molecule has 0 radical (unpaired) electrons. The smallest absolute Gasteiger partial charge is 0.339 e. The second-order valence-corrected chi connectivity index (χ2v) is 10.4. The number of carbonyl (C=O) groups excluding carboxylic acids is 1. The lowest BCUT2D eigenvalue weighted by atomic mass is 10.0. The highest BCUT2D eigenvalue weighted by molar-refractivity contribution is 6.06. The molecule has 0 aliphatic carbocycles. The second kappa shape index (κ2) is 14.1. The van der Waals surface area contributed by atoms with Gasteiger partial charge in [-0.2, -0.15) is 0 Å². The Balaban J connectivity index is 1.79. The molecular weight excluding hydrogens is 592 g/mol. The van der Waals surface area contributed by atoms with Crippen molar-refractivity contribution in [3.8, 4) is 11.4 Å². The zero-order chi connectivity index (χ0) is 32.8. The number of aromatic amines is 1. The van der Waals surface area contributed by atoms with Gasteiger partial charge in [-0.25, -0.2) is 19.3 Å². The number of carbonyl (C=O) groups is 1. The standard InChI is InChI=1S/C34H32N4O8/c1-4-44-34(41)29-28(7-5-6-22-8-14-25(15-9-22)36(2)3)32(39)37(26-16-10-23(11-17-26)20-45-42)31-30(29)33(40)38(35-31)27-18-12-24(13-19-27)21-46-43/h6-19,35,42-43H,4,20-21H2,1-3H3. The van der Waals surface area contributed by atoms with E-state index in [2.05, 4.69) is 20.6 Å². The minimum absolute atomic E-state index is 0.0159. The largest absolute Gasteiger partial charge is 0.462 e. The molecule has 0 aliphatic rings. The molecule has 0 bridgehead atoms. The van der Waals surface area contributed by atoms with E-state index in [1.165, 1.54) is 15.3 Å². The highest BCUT2D eigenvalue weighted by Crippen LogP contribution is 2.23. The second-order valence-electron chi connectivity index (χ2n) is 10.4. The molecule has 2 aromatic heterocycles. The number of anilines is 1. The first kappa shape index (κ1) is 31.9. The molecule has 236 valence electrons. The summed E-state index contributed by atoms with van der Waals surface area (Å²) in [4.78, 5) is 52.3. The maximum atomic E-state index is 14.3. The van der Waals surface area contributed by atoms with Gasteiger partial charge in [0, 0.05) is 19.8 Å². The van der Waals surface area contributed by atoms with Gasteiger partial charge in [-0.3, -0.25) is 29.8 Å². The zero-order valence-electron chi connectivity index (χ0n) is 25.4. The number of fused-ring (bicyclic) bond motifs is 1. The lowest BCUT2D eigenvalue weighted by Gasteiger charge is -2.13. The summed E-state index contributed by atoms with van der Waals surface area (Å²) in [5, 5.41) is 20.6. The maximum absolute atomic E-state index is 14.3. The van der Waals surface area contributed by atoms with Gasteiger partial charge in [-0.15, -0.1) is 5.73 Å². The van der Waals surface area contributed by atoms with Crippen molar-refractivity contribution in [1.82, 2.24) is 14.3 Å². The number of esters is 1. The van der Waals surface area contributed by atoms with Crippen molar-refractivity contribution in [2.24, 2.45) is 0 Å². The average Bonchev–Trinajstić information content (AvgIpc) is 3.38. The number of pyridine rings is 1. The number of rotatable bonds is 11. The molecule has 5 rings (SSSR count). The van der Waals surface area contributed by atoms with Crippen LogP contribution in [0.3, 0.4) is 0 Å². The topological polar surface area (TPSA) is 148 Å². The van der Waals surface area contributed by atoms with Gasteiger partial charge in [-0.1, -0.05) is 36.4 Å². The number of nitrogens with one attached hydrogen (secondary N) is 1. The van der Waals surface area contributed by atoms with Crippen LogP contribution in [0.4, 0.5) is 5.69 Å². The van der Waals surface area contributed by atoms with Crippen LogP contribution >= 0.6 is 0 Å². The summed E-state index contributed by atoms with van der Waals surface area (Å²) < 4.78 is 7.86. The normalized spacial score (nSPS) is 10.9. The van der Waals surface area contributed by atoms with Crippen LogP contribution in [0.5, 0.6) is 0 Å². The zero-order valence-corrected chi connectivity index (χ0v) is 25.4. The molecule has 0 spiro atoms. The third-order valence-electron chi connectivity index (χ3n) is 7.27. The van der Waals surface area contributed by atoms with Crippen molar-refractivity contribution in [2.75, 3.05) is 25.6 Å². The fourth-order valence-corrected chi connectivity index (χ4v) is 4.98. The van der Waals surface area contributed by atoms with Crippen molar-refractivity contribution < 1.29 is 29.8 Å². The van der Waals surface area contributed by atoms with Gasteiger partial charge >= 0.3 is 5.97 Å². The molecule has 12 heteroatoms. The Bertz CT molecular complexity index is 2030. The van der Waals surface area contributed by atoms with Crippen LogP contribution in [0.1, 0.15) is 39.5 Å². The number of hydrogen-bond acceptors (Lipinski definition) is 9. The third-order valence-corrected chi connectivity index (χ3v) is 7.27. The van der Waals surface area contributed by atoms with Crippen LogP contribution in [0.15, 0.2) is 88.1 Å². The molecule has 3 N–H and O–H groups in total. The molecule has 0 unspecified atom stereocenters. The van der Waals surface area contributed by atoms with Gasteiger partial charge in [-0.05, 0) is 72.2 Å². The van der Waals surface area contributed by atoms with E-state index in [4.69, 9.17) is 15.3 Å². The van der Waals surface area contributed by atoms with Gasteiger partial charge in [0.2, 0.25) is 0 Å². The summed E-state index contributed by atoms with van der Waals surface area (Å²) in [6, 6.07) is 20.8. The summed E-state index contributed by atoms with van der Waals surface area (Å²) in [7, 11) is 3.88. The number of hydrogen-bond donors (Lipinski definition) is 3. The van der Waals surface area contributed by atoms with Crippen LogP contribution in [0.25, 0.3) is 34.6 Å². The van der Waals surface area contributed by atoms with Crippen molar-refractivity contribution >= 4 is 34.8 Å². The molecule has 46 heavy (non-hydrogen) atoms.